The average Bonchev–Trinajstić information content (AvgIpc) is 2.80. The Kier molecular flexibility index (Phi) is 2.44. The molecule has 2 heterocycles. The number of aromatic nitrogens is 2. The Bertz CT molecular complexity index is 623. The molecule has 0 aliphatic carbocycles. The molecule has 1 aromatic heterocycles. The lowest BCUT2D eigenvalue weighted by molar-refractivity contribution is 0.357. The fraction of sp³-hybridized carbons (Fsp3) is 0.286. The highest BCUT2D eigenvalue weighted by molar-refractivity contribution is 5.69. The Balaban J connectivity index is 2.15. The average molecular weight is 241 g/mol. The van der Waals surface area contributed by atoms with E-state index in [1.54, 1.807) is 0 Å². The van der Waals surface area contributed by atoms with Crippen molar-refractivity contribution in [2.45, 2.75) is 20.3 Å². The lowest BCUT2D eigenvalue weighted by Gasteiger charge is -2.09. The summed E-state index contributed by atoms with van der Waals surface area (Å²) < 4.78 is 5.51. The van der Waals surface area contributed by atoms with Crippen molar-refractivity contribution in [3.8, 4) is 17.0 Å². The number of hydrogen-bond donors (Lipinski definition) is 1. The van der Waals surface area contributed by atoms with E-state index >= 15 is 0 Å². The molecule has 0 spiro atoms. The van der Waals surface area contributed by atoms with Crippen LogP contribution in [0.25, 0.3) is 11.3 Å². The second-order valence-corrected chi connectivity index (χ2v) is 4.55. The van der Waals surface area contributed by atoms with Crippen molar-refractivity contribution in [2.24, 2.45) is 0 Å². The Morgan fingerprint density at radius 2 is 2.06 bits per heavy atom. The van der Waals surface area contributed by atoms with Crippen LogP contribution in [0.3, 0.4) is 0 Å². The molecule has 4 nitrogen and oxygen atoms in total. The van der Waals surface area contributed by atoms with Crippen molar-refractivity contribution in [1.82, 2.24) is 9.97 Å². The summed E-state index contributed by atoms with van der Waals surface area (Å²) in [5.41, 5.74) is 10.1. The van der Waals surface area contributed by atoms with Crippen LogP contribution in [0.4, 0.5) is 5.82 Å². The van der Waals surface area contributed by atoms with Crippen LogP contribution in [0.1, 0.15) is 17.0 Å². The van der Waals surface area contributed by atoms with Gasteiger partial charge in [-0.2, -0.15) is 0 Å². The standard InChI is InChI=1S/C14H15N3O/c1-8-13(16-9(2)17-14(8)15)11-3-4-12-10(7-11)5-6-18-12/h3-4,7H,5-6H2,1-2H3,(H2,15,16,17). The van der Waals surface area contributed by atoms with Gasteiger partial charge in [0.2, 0.25) is 0 Å². The third kappa shape index (κ3) is 1.70. The molecule has 0 amide bonds. The van der Waals surface area contributed by atoms with Crippen LogP contribution in [0.2, 0.25) is 0 Å². The summed E-state index contributed by atoms with van der Waals surface area (Å²) in [5.74, 6) is 2.23. The first kappa shape index (κ1) is 11.0. The highest BCUT2D eigenvalue weighted by Crippen LogP contribution is 2.31. The fourth-order valence-corrected chi connectivity index (χ4v) is 2.27. The van der Waals surface area contributed by atoms with E-state index in [1.165, 1.54) is 5.56 Å². The van der Waals surface area contributed by atoms with Gasteiger partial charge in [0, 0.05) is 17.5 Å². The maximum Gasteiger partial charge on any atom is 0.130 e. The lowest BCUT2D eigenvalue weighted by Crippen LogP contribution is -2.02. The highest BCUT2D eigenvalue weighted by atomic mass is 16.5. The zero-order chi connectivity index (χ0) is 12.7. The number of hydrogen-bond acceptors (Lipinski definition) is 4. The summed E-state index contributed by atoms with van der Waals surface area (Å²) in [6.45, 7) is 4.58. The van der Waals surface area contributed by atoms with E-state index in [4.69, 9.17) is 10.5 Å². The third-order valence-corrected chi connectivity index (χ3v) is 3.26. The SMILES string of the molecule is Cc1nc(N)c(C)c(-c2ccc3c(c2)CCO3)n1. The number of fused-ring (bicyclic) bond motifs is 1. The molecule has 0 unspecified atom stereocenters. The van der Waals surface area contributed by atoms with E-state index in [9.17, 15) is 0 Å². The molecule has 1 aliphatic rings. The predicted molar refractivity (Wildman–Crippen MR) is 70.6 cm³/mol. The molecule has 4 heteroatoms. The number of ether oxygens (including phenoxy) is 1. The summed E-state index contributed by atoms with van der Waals surface area (Å²) >= 11 is 0. The molecular weight excluding hydrogens is 226 g/mol. The quantitative estimate of drug-likeness (QED) is 0.832. The van der Waals surface area contributed by atoms with Crippen LogP contribution in [0, 0.1) is 13.8 Å². The van der Waals surface area contributed by atoms with Gasteiger partial charge in [-0.05, 0) is 37.6 Å². The summed E-state index contributed by atoms with van der Waals surface area (Å²) in [6, 6.07) is 6.17. The van der Waals surface area contributed by atoms with E-state index < -0.39 is 0 Å². The van der Waals surface area contributed by atoms with Crippen LogP contribution in [-0.4, -0.2) is 16.6 Å². The molecule has 0 bridgehead atoms. The van der Waals surface area contributed by atoms with Gasteiger partial charge in [-0.3, -0.25) is 0 Å². The summed E-state index contributed by atoms with van der Waals surface area (Å²) in [7, 11) is 0. The first-order chi connectivity index (χ1) is 8.65. The van der Waals surface area contributed by atoms with E-state index in [2.05, 4.69) is 16.0 Å². The zero-order valence-electron chi connectivity index (χ0n) is 10.5. The fourth-order valence-electron chi connectivity index (χ4n) is 2.27. The molecule has 0 radical (unpaired) electrons. The minimum atomic E-state index is 0.550. The molecule has 1 aliphatic heterocycles. The summed E-state index contributed by atoms with van der Waals surface area (Å²) in [5, 5.41) is 0. The molecule has 3 rings (SSSR count). The zero-order valence-corrected chi connectivity index (χ0v) is 10.5. The molecule has 0 saturated heterocycles. The van der Waals surface area contributed by atoms with Gasteiger partial charge in [-0.25, -0.2) is 9.97 Å². The lowest BCUT2D eigenvalue weighted by atomic mass is 10.0. The van der Waals surface area contributed by atoms with Gasteiger partial charge in [0.05, 0.1) is 12.3 Å². The number of anilines is 1. The largest absolute Gasteiger partial charge is 0.493 e. The second-order valence-electron chi connectivity index (χ2n) is 4.55. The molecule has 0 fully saturated rings. The van der Waals surface area contributed by atoms with E-state index in [0.717, 1.165) is 35.6 Å². The number of nitrogens with zero attached hydrogens (tertiary/aromatic N) is 2. The Labute approximate surface area is 106 Å². The number of nitrogen functional groups attached to an aromatic ring is 1. The smallest absolute Gasteiger partial charge is 0.130 e. The molecular formula is C14H15N3O. The van der Waals surface area contributed by atoms with Gasteiger partial charge in [0.25, 0.3) is 0 Å². The van der Waals surface area contributed by atoms with Crippen LogP contribution in [0.5, 0.6) is 5.75 Å². The number of nitrogens with two attached hydrogens (primary N) is 1. The molecule has 0 atom stereocenters. The van der Waals surface area contributed by atoms with Gasteiger partial charge in [0.1, 0.15) is 17.4 Å². The Morgan fingerprint density at radius 1 is 1.22 bits per heavy atom. The predicted octanol–water partition coefficient (Wildman–Crippen LogP) is 2.28. The van der Waals surface area contributed by atoms with E-state index in [-0.39, 0.29) is 0 Å². The number of aryl methyl sites for hydroxylation is 1. The first-order valence-electron chi connectivity index (χ1n) is 6.02. The minimum Gasteiger partial charge on any atom is -0.493 e. The van der Waals surface area contributed by atoms with Gasteiger partial charge >= 0.3 is 0 Å². The molecule has 18 heavy (non-hydrogen) atoms. The summed E-state index contributed by atoms with van der Waals surface area (Å²) in [4.78, 5) is 8.67. The molecule has 0 saturated carbocycles. The van der Waals surface area contributed by atoms with Gasteiger partial charge in [0.15, 0.2) is 0 Å². The van der Waals surface area contributed by atoms with Crippen molar-refractivity contribution < 1.29 is 4.74 Å². The molecule has 92 valence electrons. The van der Waals surface area contributed by atoms with Crippen LogP contribution in [-0.2, 0) is 6.42 Å². The van der Waals surface area contributed by atoms with Crippen molar-refractivity contribution in [3.05, 3.63) is 35.2 Å². The number of rotatable bonds is 1. The Hall–Kier alpha value is -2.10. The maximum absolute atomic E-state index is 5.90. The summed E-state index contributed by atoms with van der Waals surface area (Å²) in [6.07, 6.45) is 0.960. The first-order valence-corrected chi connectivity index (χ1v) is 6.02. The third-order valence-electron chi connectivity index (χ3n) is 3.26. The number of benzene rings is 1. The van der Waals surface area contributed by atoms with Crippen LogP contribution < -0.4 is 10.5 Å². The molecule has 2 aromatic rings. The van der Waals surface area contributed by atoms with Crippen molar-refractivity contribution in [1.29, 1.82) is 0 Å². The van der Waals surface area contributed by atoms with Crippen LogP contribution >= 0.6 is 0 Å². The van der Waals surface area contributed by atoms with Crippen molar-refractivity contribution in [2.75, 3.05) is 12.3 Å². The topological polar surface area (TPSA) is 61.0 Å². The monoisotopic (exact) mass is 241 g/mol. The second kappa shape index (κ2) is 3.98. The van der Waals surface area contributed by atoms with E-state index in [0.29, 0.717) is 11.6 Å². The molecule has 1 aromatic carbocycles. The normalized spacial score (nSPS) is 13.2. The maximum atomic E-state index is 5.90. The van der Waals surface area contributed by atoms with Gasteiger partial charge in [-0.15, -0.1) is 0 Å². The van der Waals surface area contributed by atoms with E-state index in [1.807, 2.05) is 26.0 Å². The minimum absolute atomic E-state index is 0.550. The highest BCUT2D eigenvalue weighted by Gasteiger charge is 2.15. The molecule has 2 N–H and O–H groups in total. The van der Waals surface area contributed by atoms with Crippen molar-refractivity contribution in [3.63, 3.8) is 0 Å². The van der Waals surface area contributed by atoms with Crippen LogP contribution in [0.15, 0.2) is 18.2 Å². The van der Waals surface area contributed by atoms with Crippen molar-refractivity contribution >= 4 is 5.82 Å². The van der Waals surface area contributed by atoms with Gasteiger partial charge < -0.3 is 10.5 Å². The Morgan fingerprint density at radius 3 is 2.89 bits per heavy atom. The van der Waals surface area contributed by atoms with Gasteiger partial charge in [-0.1, -0.05) is 0 Å².